The van der Waals surface area contributed by atoms with Crippen LogP contribution >= 0.6 is 0 Å². The number of hydrogen-bond donors (Lipinski definition) is 2. The van der Waals surface area contributed by atoms with Gasteiger partial charge in [0.2, 0.25) is 0 Å². The summed E-state index contributed by atoms with van der Waals surface area (Å²) in [6.45, 7) is 2.85. The Morgan fingerprint density at radius 2 is 2.58 bits per heavy atom. The van der Waals surface area contributed by atoms with Gasteiger partial charge in [-0.15, -0.1) is 0 Å². The second-order valence-electron chi connectivity index (χ2n) is 3.02. The molecule has 0 aromatic rings. The molecule has 1 heterocycles. The fourth-order valence-electron chi connectivity index (χ4n) is 1.54. The molecule has 1 aliphatic heterocycles. The van der Waals surface area contributed by atoms with Crippen molar-refractivity contribution in [3.8, 4) is 0 Å². The lowest BCUT2D eigenvalue weighted by molar-refractivity contribution is -0.138. The summed E-state index contributed by atoms with van der Waals surface area (Å²) >= 11 is 0. The van der Waals surface area contributed by atoms with Crippen molar-refractivity contribution in [2.24, 2.45) is 0 Å². The SMILES string of the molecule is CCC=C1CCCNC1C(=O)O. The van der Waals surface area contributed by atoms with E-state index in [4.69, 9.17) is 5.11 Å². The maximum atomic E-state index is 10.7. The fraction of sp³-hybridized carbons (Fsp3) is 0.667. The van der Waals surface area contributed by atoms with Crippen LogP contribution < -0.4 is 5.32 Å². The van der Waals surface area contributed by atoms with Crippen LogP contribution in [0.2, 0.25) is 0 Å². The molecule has 0 bridgehead atoms. The Labute approximate surface area is 72.5 Å². The molecule has 2 N–H and O–H groups in total. The highest BCUT2D eigenvalue weighted by atomic mass is 16.4. The maximum absolute atomic E-state index is 10.7. The molecule has 0 aromatic carbocycles. The first kappa shape index (κ1) is 9.26. The van der Waals surface area contributed by atoms with Crippen molar-refractivity contribution in [3.63, 3.8) is 0 Å². The number of carboxylic acid groups (broad SMARTS) is 1. The van der Waals surface area contributed by atoms with Gasteiger partial charge in [0, 0.05) is 0 Å². The summed E-state index contributed by atoms with van der Waals surface area (Å²) in [5.41, 5.74) is 1.04. The van der Waals surface area contributed by atoms with Crippen LogP contribution in [0.15, 0.2) is 11.6 Å². The Balaban J connectivity index is 2.67. The standard InChI is InChI=1S/C9H15NO2/c1-2-4-7-5-3-6-10-8(7)9(11)12/h4,8,10H,2-3,5-6H2,1H3,(H,11,12). The van der Waals surface area contributed by atoms with Gasteiger partial charge in [-0.3, -0.25) is 4.79 Å². The molecule has 0 amide bonds. The normalized spacial score (nSPS) is 27.4. The van der Waals surface area contributed by atoms with Crippen molar-refractivity contribution in [1.29, 1.82) is 0 Å². The minimum Gasteiger partial charge on any atom is -0.480 e. The molecule has 1 rings (SSSR count). The molecule has 3 nitrogen and oxygen atoms in total. The molecule has 0 spiro atoms. The zero-order valence-electron chi connectivity index (χ0n) is 7.34. The number of aliphatic carboxylic acids is 1. The zero-order chi connectivity index (χ0) is 8.97. The van der Waals surface area contributed by atoms with Crippen LogP contribution in [0.4, 0.5) is 0 Å². The lowest BCUT2D eigenvalue weighted by Crippen LogP contribution is -2.42. The Hall–Kier alpha value is -0.830. The molecule has 0 aromatic heterocycles. The van der Waals surface area contributed by atoms with Gasteiger partial charge in [-0.25, -0.2) is 0 Å². The molecule has 1 fully saturated rings. The smallest absolute Gasteiger partial charge is 0.325 e. The van der Waals surface area contributed by atoms with Gasteiger partial charge in [-0.1, -0.05) is 13.0 Å². The lowest BCUT2D eigenvalue weighted by atomic mass is 9.97. The van der Waals surface area contributed by atoms with Crippen LogP contribution in [0.25, 0.3) is 0 Å². The van der Waals surface area contributed by atoms with Crippen molar-refractivity contribution >= 4 is 5.97 Å². The zero-order valence-corrected chi connectivity index (χ0v) is 7.34. The highest BCUT2D eigenvalue weighted by Crippen LogP contribution is 2.15. The summed E-state index contributed by atoms with van der Waals surface area (Å²) in [7, 11) is 0. The molecule has 0 aliphatic carbocycles. The molecule has 1 atom stereocenters. The summed E-state index contributed by atoms with van der Waals surface area (Å²) in [6, 6.07) is -0.432. The van der Waals surface area contributed by atoms with E-state index in [1.54, 1.807) is 0 Å². The maximum Gasteiger partial charge on any atom is 0.325 e. The van der Waals surface area contributed by atoms with Crippen molar-refractivity contribution < 1.29 is 9.90 Å². The summed E-state index contributed by atoms with van der Waals surface area (Å²) in [5, 5.41) is 11.8. The molecular formula is C9H15NO2. The van der Waals surface area contributed by atoms with Crippen molar-refractivity contribution in [1.82, 2.24) is 5.32 Å². The van der Waals surface area contributed by atoms with Crippen LogP contribution in [0.5, 0.6) is 0 Å². The Bertz CT molecular complexity index is 199. The highest BCUT2D eigenvalue weighted by molar-refractivity contribution is 5.77. The van der Waals surface area contributed by atoms with Crippen LogP contribution in [0.3, 0.4) is 0 Å². The monoisotopic (exact) mass is 169 g/mol. The van der Waals surface area contributed by atoms with Crippen LogP contribution in [0, 0.1) is 0 Å². The van der Waals surface area contributed by atoms with Crippen LogP contribution in [0.1, 0.15) is 26.2 Å². The summed E-state index contributed by atoms with van der Waals surface area (Å²) < 4.78 is 0. The van der Waals surface area contributed by atoms with Gasteiger partial charge < -0.3 is 10.4 Å². The Kier molecular flexibility index (Phi) is 3.29. The minimum absolute atomic E-state index is 0.432. The first-order valence-corrected chi connectivity index (χ1v) is 4.40. The van der Waals surface area contributed by atoms with Crippen molar-refractivity contribution in [2.45, 2.75) is 32.2 Å². The van der Waals surface area contributed by atoms with E-state index in [1.807, 2.05) is 13.0 Å². The van der Waals surface area contributed by atoms with Crippen LogP contribution in [-0.2, 0) is 4.79 Å². The third-order valence-electron chi connectivity index (χ3n) is 2.07. The van der Waals surface area contributed by atoms with Gasteiger partial charge >= 0.3 is 5.97 Å². The first-order chi connectivity index (χ1) is 5.75. The quantitative estimate of drug-likeness (QED) is 0.610. The van der Waals surface area contributed by atoms with E-state index in [9.17, 15) is 4.79 Å². The van der Waals surface area contributed by atoms with Gasteiger partial charge in [0.25, 0.3) is 0 Å². The van der Waals surface area contributed by atoms with E-state index >= 15 is 0 Å². The third-order valence-corrected chi connectivity index (χ3v) is 2.07. The number of carbonyl (C=O) groups is 1. The lowest BCUT2D eigenvalue weighted by Gasteiger charge is -2.23. The molecule has 0 saturated carbocycles. The van der Waals surface area contributed by atoms with Crippen LogP contribution in [-0.4, -0.2) is 23.7 Å². The highest BCUT2D eigenvalue weighted by Gasteiger charge is 2.23. The number of hydrogen-bond acceptors (Lipinski definition) is 2. The molecule has 1 aliphatic rings. The molecular weight excluding hydrogens is 154 g/mol. The first-order valence-electron chi connectivity index (χ1n) is 4.40. The van der Waals surface area contributed by atoms with Gasteiger partial charge in [0.1, 0.15) is 6.04 Å². The molecule has 68 valence electrons. The number of rotatable bonds is 2. The number of piperidine rings is 1. The molecule has 12 heavy (non-hydrogen) atoms. The van der Waals surface area contributed by atoms with E-state index in [-0.39, 0.29) is 0 Å². The van der Waals surface area contributed by atoms with Gasteiger partial charge in [0.15, 0.2) is 0 Å². The summed E-state index contributed by atoms with van der Waals surface area (Å²) in [4.78, 5) is 10.7. The predicted octanol–water partition coefficient (Wildman–Crippen LogP) is 1.16. The second kappa shape index (κ2) is 4.26. The van der Waals surface area contributed by atoms with E-state index in [1.165, 1.54) is 0 Å². The number of carboxylic acids is 1. The Morgan fingerprint density at radius 3 is 3.17 bits per heavy atom. The number of allylic oxidation sites excluding steroid dienone is 1. The van der Waals surface area contributed by atoms with E-state index in [0.29, 0.717) is 0 Å². The topological polar surface area (TPSA) is 49.3 Å². The van der Waals surface area contributed by atoms with E-state index in [2.05, 4.69) is 5.32 Å². The third kappa shape index (κ3) is 2.08. The Morgan fingerprint density at radius 1 is 1.83 bits per heavy atom. The van der Waals surface area contributed by atoms with E-state index in [0.717, 1.165) is 31.4 Å². The molecule has 1 saturated heterocycles. The van der Waals surface area contributed by atoms with Gasteiger partial charge in [-0.2, -0.15) is 0 Å². The molecule has 1 unspecified atom stereocenters. The average molecular weight is 169 g/mol. The second-order valence-corrected chi connectivity index (χ2v) is 3.02. The number of nitrogens with one attached hydrogen (secondary N) is 1. The average Bonchev–Trinajstić information content (AvgIpc) is 2.05. The van der Waals surface area contributed by atoms with Crippen molar-refractivity contribution in [3.05, 3.63) is 11.6 Å². The molecule has 3 heteroatoms. The summed E-state index contributed by atoms with van der Waals surface area (Å²) in [6.07, 6.45) is 4.92. The fourth-order valence-corrected chi connectivity index (χ4v) is 1.54. The van der Waals surface area contributed by atoms with E-state index < -0.39 is 12.0 Å². The minimum atomic E-state index is -0.755. The van der Waals surface area contributed by atoms with Gasteiger partial charge in [0.05, 0.1) is 0 Å². The predicted molar refractivity (Wildman–Crippen MR) is 47.0 cm³/mol. The van der Waals surface area contributed by atoms with Gasteiger partial charge in [-0.05, 0) is 31.4 Å². The summed E-state index contributed by atoms with van der Waals surface area (Å²) in [5.74, 6) is -0.755. The molecule has 0 radical (unpaired) electrons. The largest absolute Gasteiger partial charge is 0.480 e. The van der Waals surface area contributed by atoms with Crippen molar-refractivity contribution in [2.75, 3.05) is 6.54 Å².